The Morgan fingerprint density at radius 2 is 1.67 bits per heavy atom. The van der Waals surface area contributed by atoms with E-state index in [9.17, 15) is 9.35 Å². The van der Waals surface area contributed by atoms with Gasteiger partial charge in [0.05, 0.1) is 5.56 Å². The van der Waals surface area contributed by atoms with Crippen molar-refractivity contribution >= 4 is 27.9 Å². The van der Waals surface area contributed by atoms with E-state index in [1.54, 1.807) is 24.5 Å². The maximum atomic E-state index is 13.2. The molecule has 0 amide bonds. The van der Waals surface area contributed by atoms with E-state index in [2.05, 4.69) is 15.6 Å². The molecule has 4 nitrogen and oxygen atoms in total. The Morgan fingerprint density at radius 1 is 0.967 bits per heavy atom. The van der Waals surface area contributed by atoms with Crippen LogP contribution in [0.15, 0.2) is 84.0 Å². The monoisotopic (exact) mass is 416 g/mol. The van der Waals surface area contributed by atoms with Crippen LogP contribution in [0, 0.1) is 6.92 Å². The molecule has 0 fully saturated rings. The van der Waals surface area contributed by atoms with Gasteiger partial charge in [0.2, 0.25) is 0 Å². The van der Waals surface area contributed by atoms with E-state index in [1.807, 2.05) is 55.5 Å². The van der Waals surface area contributed by atoms with Crippen LogP contribution in [0.2, 0.25) is 0 Å². The average Bonchev–Trinajstić information content (AvgIpc) is 3.08. The Hall–Kier alpha value is -2.89. The zero-order valence-corrected chi connectivity index (χ0v) is 17.8. The molecular weight excluding hydrogens is 392 g/mol. The number of hydrogen-bond acceptors (Lipinski definition) is 3. The first-order valence-electron chi connectivity index (χ1n) is 10.1. The lowest BCUT2D eigenvalue weighted by Gasteiger charge is -2.11. The third-order valence-electron chi connectivity index (χ3n) is 5.37. The van der Waals surface area contributed by atoms with Gasteiger partial charge in [0, 0.05) is 53.2 Å². The van der Waals surface area contributed by atoms with Crippen LogP contribution >= 0.6 is 0 Å². The van der Waals surface area contributed by atoms with E-state index in [0.717, 1.165) is 46.4 Å². The number of para-hydroxylation sites is 1. The van der Waals surface area contributed by atoms with E-state index < -0.39 is 11.2 Å². The van der Waals surface area contributed by atoms with Gasteiger partial charge >= 0.3 is 0 Å². The molecule has 0 aliphatic heterocycles. The standard InChI is InChI=1S/C25H24N2O2S/c1-19-24(25(28)20-9-3-2-4-10-20)22-11-5-6-12-23(22)27(19)17-7-8-18-30(29)21-13-15-26-16-14-21/h2-6,9-16H,7-8,17-18H2,1H3. The lowest BCUT2D eigenvalue weighted by Crippen LogP contribution is -2.09. The lowest BCUT2D eigenvalue weighted by molar-refractivity contribution is 0.103. The summed E-state index contributed by atoms with van der Waals surface area (Å²) in [5, 5.41) is 0.990. The summed E-state index contributed by atoms with van der Waals surface area (Å²) in [6, 6.07) is 21.1. The van der Waals surface area contributed by atoms with Crippen molar-refractivity contribution in [3.05, 3.63) is 95.9 Å². The minimum absolute atomic E-state index is 0.0573. The first-order valence-corrected chi connectivity index (χ1v) is 11.4. The highest BCUT2D eigenvalue weighted by atomic mass is 32.2. The summed E-state index contributed by atoms with van der Waals surface area (Å²) >= 11 is -1.00. The number of nitrogens with zero attached hydrogens (tertiary/aromatic N) is 2. The highest BCUT2D eigenvalue weighted by Gasteiger charge is 2.20. The van der Waals surface area contributed by atoms with E-state index >= 15 is 0 Å². The summed E-state index contributed by atoms with van der Waals surface area (Å²) in [6.45, 7) is 2.81. The minimum Gasteiger partial charge on any atom is -0.611 e. The molecule has 0 saturated carbocycles. The van der Waals surface area contributed by atoms with Crippen molar-refractivity contribution in [1.29, 1.82) is 0 Å². The van der Waals surface area contributed by atoms with E-state index in [1.165, 1.54) is 0 Å². The number of carbonyl (C=O) groups is 1. The number of rotatable bonds is 8. The Labute approximate surface area is 179 Å². The molecule has 0 aliphatic rings. The van der Waals surface area contributed by atoms with Gasteiger partial charge in [-0.25, -0.2) is 0 Å². The molecule has 0 spiro atoms. The summed E-state index contributed by atoms with van der Waals surface area (Å²) in [7, 11) is 0. The zero-order chi connectivity index (χ0) is 20.9. The van der Waals surface area contributed by atoms with Gasteiger partial charge in [0.1, 0.15) is 5.75 Å². The predicted octanol–water partition coefficient (Wildman–Crippen LogP) is 5.16. The molecule has 0 radical (unpaired) electrons. The van der Waals surface area contributed by atoms with Crippen molar-refractivity contribution in [1.82, 2.24) is 9.55 Å². The van der Waals surface area contributed by atoms with Crippen molar-refractivity contribution < 1.29 is 9.35 Å². The van der Waals surface area contributed by atoms with Crippen molar-refractivity contribution in [2.75, 3.05) is 5.75 Å². The summed E-state index contributed by atoms with van der Waals surface area (Å²) in [5.74, 6) is 0.680. The first-order chi connectivity index (χ1) is 14.7. The Kier molecular flexibility index (Phi) is 6.31. The molecule has 0 bridgehead atoms. The van der Waals surface area contributed by atoms with Gasteiger partial charge in [-0.1, -0.05) is 48.5 Å². The molecular formula is C25H24N2O2S. The van der Waals surface area contributed by atoms with Gasteiger partial charge in [0.25, 0.3) is 0 Å². The van der Waals surface area contributed by atoms with Crippen LogP contribution < -0.4 is 0 Å². The number of fused-ring (bicyclic) bond motifs is 1. The number of ketones is 1. The molecule has 152 valence electrons. The fourth-order valence-electron chi connectivity index (χ4n) is 3.85. The van der Waals surface area contributed by atoms with Crippen LogP contribution in [0.4, 0.5) is 0 Å². The van der Waals surface area contributed by atoms with E-state index in [-0.39, 0.29) is 5.78 Å². The number of carbonyl (C=O) groups excluding carboxylic acids is 1. The molecule has 2 heterocycles. The highest BCUT2D eigenvalue weighted by molar-refractivity contribution is 7.91. The van der Waals surface area contributed by atoms with Gasteiger partial charge in [-0.3, -0.25) is 9.78 Å². The molecule has 1 atom stereocenters. The average molecular weight is 417 g/mol. The number of benzene rings is 2. The van der Waals surface area contributed by atoms with E-state index in [4.69, 9.17) is 0 Å². The predicted molar refractivity (Wildman–Crippen MR) is 121 cm³/mol. The van der Waals surface area contributed by atoms with Gasteiger partial charge < -0.3 is 9.12 Å². The summed E-state index contributed by atoms with van der Waals surface area (Å²) < 4.78 is 14.6. The second-order valence-electron chi connectivity index (χ2n) is 7.26. The molecule has 0 saturated heterocycles. The van der Waals surface area contributed by atoms with Crippen LogP contribution in [0.25, 0.3) is 10.9 Å². The second-order valence-corrected chi connectivity index (χ2v) is 8.83. The molecule has 1 unspecified atom stereocenters. The quantitative estimate of drug-likeness (QED) is 0.226. The summed E-state index contributed by atoms with van der Waals surface area (Å²) in [6.07, 6.45) is 5.10. The van der Waals surface area contributed by atoms with Crippen LogP contribution in [0.3, 0.4) is 0 Å². The van der Waals surface area contributed by atoms with Crippen molar-refractivity contribution in [2.24, 2.45) is 0 Å². The Morgan fingerprint density at radius 3 is 2.43 bits per heavy atom. The molecule has 2 aromatic carbocycles. The second kappa shape index (κ2) is 9.28. The maximum Gasteiger partial charge on any atom is 0.195 e. The molecule has 0 N–H and O–H groups in total. The van der Waals surface area contributed by atoms with Crippen LogP contribution in [-0.4, -0.2) is 25.6 Å². The Bertz CT molecular complexity index is 1140. The molecule has 5 heteroatoms. The maximum absolute atomic E-state index is 13.2. The van der Waals surface area contributed by atoms with Crippen molar-refractivity contribution in [2.45, 2.75) is 31.2 Å². The first kappa shape index (κ1) is 20.4. The number of pyridine rings is 1. The molecule has 30 heavy (non-hydrogen) atoms. The van der Waals surface area contributed by atoms with Gasteiger partial charge in [-0.15, -0.1) is 0 Å². The summed E-state index contributed by atoms with van der Waals surface area (Å²) in [5.41, 5.74) is 3.54. The SMILES string of the molecule is Cc1c(C(=O)c2ccccc2)c2ccccc2n1CCCC[S+]([O-])c1ccncc1. The lowest BCUT2D eigenvalue weighted by atomic mass is 10.0. The highest BCUT2D eigenvalue weighted by Crippen LogP contribution is 2.28. The fraction of sp³-hybridized carbons (Fsp3) is 0.200. The smallest absolute Gasteiger partial charge is 0.195 e. The van der Waals surface area contributed by atoms with Crippen molar-refractivity contribution in [3.8, 4) is 0 Å². The number of hydrogen-bond donors (Lipinski definition) is 0. The van der Waals surface area contributed by atoms with Gasteiger partial charge in [0.15, 0.2) is 10.7 Å². The van der Waals surface area contributed by atoms with Crippen LogP contribution in [-0.2, 0) is 17.7 Å². The third kappa shape index (κ3) is 4.18. The molecule has 4 aromatic rings. The van der Waals surface area contributed by atoms with Crippen molar-refractivity contribution in [3.63, 3.8) is 0 Å². The fourth-order valence-corrected chi connectivity index (χ4v) is 4.98. The number of aryl methyl sites for hydroxylation is 1. The van der Waals surface area contributed by atoms with Crippen LogP contribution in [0.5, 0.6) is 0 Å². The number of unbranched alkanes of at least 4 members (excludes halogenated alkanes) is 1. The normalized spacial score (nSPS) is 12.2. The van der Waals surface area contributed by atoms with E-state index in [0.29, 0.717) is 11.3 Å². The summed E-state index contributed by atoms with van der Waals surface area (Å²) in [4.78, 5) is 18.0. The zero-order valence-electron chi connectivity index (χ0n) is 17.0. The third-order valence-corrected chi connectivity index (χ3v) is 6.83. The van der Waals surface area contributed by atoms with Crippen LogP contribution in [0.1, 0.15) is 34.5 Å². The molecule has 4 rings (SSSR count). The Balaban J connectivity index is 1.52. The largest absolute Gasteiger partial charge is 0.611 e. The topological polar surface area (TPSA) is 58.0 Å². The minimum atomic E-state index is -1.00. The molecule has 0 aliphatic carbocycles. The molecule has 2 aromatic heterocycles. The number of aromatic nitrogens is 2. The van der Waals surface area contributed by atoms with Gasteiger partial charge in [-0.2, -0.15) is 0 Å². The van der Waals surface area contributed by atoms with Gasteiger partial charge in [-0.05, 0) is 37.0 Å².